The van der Waals surface area contributed by atoms with Crippen molar-refractivity contribution >= 4 is 29.5 Å². The molecular weight excluding hydrogens is 470 g/mol. The van der Waals surface area contributed by atoms with Gasteiger partial charge >= 0.3 is 11.9 Å². The van der Waals surface area contributed by atoms with E-state index < -0.39 is 11.9 Å². The third kappa shape index (κ3) is 5.82. The number of carbonyl (C=O) groups excluding carboxylic acids is 2. The van der Waals surface area contributed by atoms with Crippen LogP contribution >= 0.6 is 11.6 Å². The van der Waals surface area contributed by atoms with E-state index >= 15 is 0 Å². The molecule has 0 bridgehead atoms. The summed E-state index contributed by atoms with van der Waals surface area (Å²) in [6.07, 6.45) is 0.410. The normalized spacial score (nSPS) is 10.7. The van der Waals surface area contributed by atoms with Crippen molar-refractivity contribution in [1.29, 1.82) is 0 Å². The van der Waals surface area contributed by atoms with Crippen molar-refractivity contribution in [3.8, 4) is 17.1 Å². The van der Waals surface area contributed by atoms with Crippen LogP contribution in [0.25, 0.3) is 11.4 Å². The third-order valence-corrected chi connectivity index (χ3v) is 5.27. The van der Waals surface area contributed by atoms with Gasteiger partial charge in [-0.2, -0.15) is 5.10 Å². The van der Waals surface area contributed by atoms with Crippen molar-refractivity contribution < 1.29 is 19.1 Å². The van der Waals surface area contributed by atoms with Gasteiger partial charge in [-0.3, -0.25) is 9.48 Å². The molecule has 0 saturated heterocycles. The van der Waals surface area contributed by atoms with Gasteiger partial charge < -0.3 is 15.2 Å². The molecule has 35 heavy (non-hydrogen) atoms. The summed E-state index contributed by atoms with van der Waals surface area (Å²) in [7, 11) is 1.66. The maximum Gasteiger partial charge on any atom is 0.357 e. The highest BCUT2D eigenvalue weighted by Crippen LogP contribution is 2.29. The van der Waals surface area contributed by atoms with Gasteiger partial charge in [0, 0.05) is 32.0 Å². The van der Waals surface area contributed by atoms with Crippen LogP contribution in [0, 0.1) is 0 Å². The molecule has 0 saturated carbocycles. The smallest absolute Gasteiger partial charge is 0.357 e. The minimum absolute atomic E-state index is 0.00476. The largest absolute Gasteiger partial charge is 0.456 e. The Bertz CT molecular complexity index is 1350. The van der Waals surface area contributed by atoms with E-state index in [9.17, 15) is 9.59 Å². The number of aryl methyl sites for hydroxylation is 1. The van der Waals surface area contributed by atoms with E-state index in [1.807, 2.05) is 30.3 Å². The predicted molar refractivity (Wildman–Crippen MR) is 130 cm³/mol. The van der Waals surface area contributed by atoms with Crippen LogP contribution in [0.5, 0.6) is 5.75 Å². The highest BCUT2D eigenvalue weighted by molar-refractivity contribution is 6.29. The highest BCUT2D eigenvalue weighted by atomic mass is 35.5. The van der Waals surface area contributed by atoms with Crippen molar-refractivity contribution in [3.63, 3.8) is 0 Å². The number of halogens is 1. The molecule has 10 heteroatoms. The average Bonchev–Trinajstić information content (AvgIpc) is 3.14. The Kier molecular flexibility index (Phi) is 7.07. The molecule has 0 fully saturated rings. The molecule has 0 aliphatic carbocycles. The molecule has 178 valence electrons. The summed E-state index contributed by atoms with van der Waals surface area (Å²) >= 11 is 6.09. The molecule has 2 aromatic carbocycles. The third-order valence-electron chi connectivity index (χ3n) is 5.07. The summed E-state index contributed by atoms with van der Waals surface area (Å²) in [5.41, 5.74) is 9.29. The number of nitrogens with zero attached hydrogens (tertiary/aromatic N) is 4. The molecule has 0 spiro atoms. The fraction of sp³-hybridized carbons (Fsp3) is 0.160. The van der Waals surface area contributed by atoms with Crippen LogP contribution in [0.15, 0.2) is 60.7 Å². The molecule has 0 atom stereocenters. The summed E-state index contributed by atoms with van der Waals surface area (Å²) in [6.45, 7) is 1.35. The first kappa shape index (κ1) is 23.9. The van der Waals surface area contributed by atoms with E-state index in [0.717, 1.165) is 11.1 Å². The number of esters is 2. The van der Waals surface area contributed by atoms with Gasteiger partial charge in [-0.1, -0.05) is 54.1 Å². The lowest BCUT2D eigenvalue weighted by Crippen LogP contribution is -2.13. The summed E-state index contributed by atoms with van der Waals surface area (Å²) in [5.74, 6) is -0.537. The second-order valence-electron chi connectivity index (χ2n) is 7.71. The number of hydrogen-bond donors (Lipinski definition) is 1. The number of aromatic nitrogens is 4. The van der Waals surface area contributed by atoms with Gasteiger partial charge in [-0.05, 0) is 23.3 Å². The molecule has 0 amide bonds. The molecule has 4 rings (SSSR count). The summed E-state index contributed by atoms with van der Waals surface area (Å²) in [4.78, 5) is 32.5. The Labute approximate surface area is 206 Å². The maximum absolute atomic E-state index is 13.2. The van der Waals surface area contributed by atoms with Crippen LogP contribution in [0.3, 0.4) is 0 Å². The minimum Gasteiger partial charge on any atom is -0.456 e. The fourth-order valence-corrected chi connectivity index (χ4v) is 3.78. The average molecular weight is 492 g/mol. The Morgan fingerprint density at radius 1 is 1.03 bits per heavy atom. The van der Waals surface area contributed by atoms with Gasteiger partial charge in [0.25, 0.3) is 0 Å². The molecular formula is C25H22ClN5O4. The fourth-order valence-electron chi connectivity index (χ4n) is 3.59. The second kappa shape index (κ2) is 10.4. The van der Waals surface area contributed by atoms with Gasteiger partial charge in [0.1, 0.15) is 28.9 Å². The van der Waals surface area contributed by atoms with Gasteiger partial charge in [0.2, 0.25) is 5.95 Å². The topological polar surface area (TPSA) is 122 Å². The summed E-state index contributed by atoms with van der Waals surface area (Å²) < 4.78 is 12.1. The first-order valence-corrected chi connectivity index (χ1v) is 11.0. The molecule has 0 radical (unpaired) electrons. The van der Waals surface area contributed by atoms with Gasteiger partial charge in [-0.15, -0.1) is 0 Å². The lowest BCUT2D eigenvalue weighted by Gasteiger charge is -2.09. The van der Waals surface area contributed by atoms with Gasteiger partial charge in [0.15, 0.2) is 0 Å². The zero-order chi connectivity index (χ0) is 24.9. The van der Waals surface area contributed by atoms with E-state index in [4.69, 9.17) is 26.8 Å². The lowest BCUT2D eigenvalue weighted by molar-refractivity contribution is -0.131. The highest BCUT2D eigenvalue weighted by Gasteiger charge is 2.25. The zero-order valence-electron chi connectivity index (χ0n) is 19.1. The van der Waals surface area contributed by atoms with Crippen molar-refractivity contribution in [2.45, 2.75) is 20.0 Å². The Morgan fingerprint density at radius 2 is 1.74 bits per heavy atom. The number of nitrogens with two attached hydrogens (primary N) is 1. The van der Waals surface area contributed by atoms with E-state index in [1.165, 1.54) is 11.6 Å². The standard InChI is InChI=1S/C25H22ClN5O4/c1-15(32)35-18-10-8-17(9-11-18)14-34-24(33)23-19(12-16-6-4-3-5-7-16)22(30-31(23)2)20-13-21(26)29-25(27)28-20/h3-11,13H,12,14H2,1-2H3,(H2,27,28,29). The number of ether oxygens (including phenoxy) is 2. The van der Waals surface area contributed by atoms with Crippen molar-refractivity contribution in [1.82, 2.24) is 19.7 Å². The molecule has 9 nitrogen and oxygen atoms in total. The minimum atomic E-state index is -0.547. The van der Waals surface area contributed by atoms with Crippen molar-refractivity contribution in [3.05, 3.63) is 88.2 Å². The number of anilines is 1. The summed E-state index contributed by atoms with van der Waals surface area (Å²) in [6, 6.07) is 17.9. The Hall–Kier alpha value is -4.24. The molecule has 0 aliphatic heterocycles. The van der Waals surface area contributed by atoms with Crippen LogP contribution in [0.4, 0.5) is 5.95 Å². The number of rotatable bonds is 7. The monoisotopic (exact) mass is 491 g/mol. The van der Waals surface area contributed by atoms with Gasteiger partial charge in [-0.25, -0.2) is 14.8 Å². The number of hydrogen-bond acceptors (Lipinski definition) is 8. The molecule has 4 aromatic rings. The Balaban J connectivity index is 1.64. The van der Waals surface area contributed by atoms with Crippen LogP contribution in [0.2, 0.25) is 5.15 Å². The van der Waals surface area contributed by atoms with E-state index in [1.54, 1.807) is 37.4 Å². The first-order valence-electron chi connectivity index (χ1n) is 10.6. The molecule has 2 heterocycles. The predicted octanol–water partition coefficient (Wildman–Crippen LogP) is 3.99. The molecule has 2 N–H and O–H groups in total. The number of nitrogen functional groups attached to an aromatic ring is 1. The van der Waals surface area contributed by atoms with Gasteiger partial charge in [0.05, 0.1) is 5.69 Å². The zero-order valence-corrected chi connectivity index (χ0v) is 19.8. The quantitative estimate of drug-likeness (QED) is 0.234. The van der Waals surface area contributed by atoms with Crippen LogP contribution in [0.1, 0.15) is 34.1 Å². The summed E-state index contributed by atoms with van der Waals surface area (Å²) in [5, 5.41) is 4.71. The van der Waals surface area contributed by atoms with E-state index in [2.05, 4.69) is 15.1 Å². The number of carbonyl (C=O) groups is 2. The second-order valence-corrected chi connectivity index (χ2v) is 8.10. The SMILES string of the molecule is CC(=O)Oc1ccc(COC(=O)c2c(Cc3ccccc3)c(-c3cc(Cl)nc(N)n3)nn2C)cc1. The van der Waals surface area contributed by atoms with E-state index in [0.29, 0.717) is 29.1 Å². The maximum atomic E-state index is 13.2. The molecule has 0 aliphatic rings. The van der Waals surface area contributed by atoms with Crippen LogP contribution in [-0.4, -0.2) is 31.7 Å². The van der Waals surface area contributed by atoms with Crippen LogP contribution in [-0.2, 0) is 29.6 Å². The first-order chi connectivity index (χ1) is 16.8. The van der Waals surface area contributed by atoms with Crippen molar-refractivity contribution in [2.75, 3.05) is 5.73 Å². The van der Waals surface area contributed by atoms with Crippen LogP contribution < -0.4 is 10.5 Å². The molecule has 0 unspecified atom stereocenters. The van der Waals surface area contributed by atoms with E-state index in [-0.39, 0.29) is 23.4 Å². The lowest BCUT2D eigenvalue weighted by atomic mass is 10.0. The number of benzene rings is 2. The Morgan fingerprint density at radius 3 is 2.40 bits per heavy atom. The molecule has 2 aromatic heterocycles. The van der Waals surface area contributed by atoms with Crippen molar-refractivity contribution in [2.24, 2.45) is 7.05 Å².